The summed E-state index contributed by atoms with van der Waals surface area (Å²) in [4.78, 5) is 11.7. The van der Waals surface area contributed by atoms with Crippen LogP contribution in [0.5, 0.6) is 0 Å². The maximum absolute atomic E-state index is 6.01. The Labute approximate surface area is 143 Å². The lowest BCUT2D eigenvalue weighted by Gasteiger charge is -2.25. The highest BCUT2D eigenvalue weighted by molar-refractivity contribution is 6.69. The van der Waals surface area contributed by atoms with Crippen molar-refractivity contribution in [1.82, 2.24) is 9.88 Å². The monoisotopic (exact) mass is 353 g/mol. The molecule has 1 aromatic heterocycles. The Morgan fingerprint density at radius 3 is 2.71 bits per heavy atom. The van der Waals surface area contributed by atoms with Gasteiger partial charge in [0.1, 0.15) is 6.61 Å². The Morgan fingerprint density at radius 2 is 2.05 bits per heavy atom. The van der Waals surface area contributed by atoms with Gasteiger partial charge in [0.05, 0.1) is 0 Å². The van der Waals surface area contributed by atoms with Crippen LogP contribution in [-0.2, 0) is 4.84 Å². The van der Waals surface area contributed by atoms with Gasteiger partial charge in [-0.1, -0.05) is 23.2 Å². The molecule has 0 aromatic carbocycles. The molecule has 2 heterocycles. The SMILES string of the molecule is Cl.Cl.Cl/C(=N\OCCCN1CCCCC1)c1cccnc1. The Balaban J connectivity index is 0.00000200. The number of halogens is 3. The highest BCUT2D eigenvalue weighted by Gasteiger charge is 2.08. The summed E-state index contributed by atoms with van der Waals surface area (Å²) in [5.74, 6) is 0. The number of hydrogen-bond donors (Lipinski definition) is 0. The zero-order valence-electron chi connectivity index (χ0n) is 11.9. The number of rotatable bonds is 6. The average Bonchev–Trinajstić information content (AvgIpc) is 2.49. The molecule has 2 rings (SSSR count). The Kier molecular flexibility index (Phi) is 11.7. The molecule has 7 heteroatoms. The maximum atomic E-state index is 6.01. The number of piperidine rings is 1. The molecule has 0 spiro atoms. The number of aromatic nitrogens is 1. The lowest BCUT2D eigenvalue weighted by molar-refractivity contribution is 0.125. The molecule has 1 aliphatic rings. The van der Waals surface area contributed by atoms with Crippen LogP contribution in [0.1, 0.15) is 31.2 Å². The van der Waals surface area contributed by atoms with Gasteiger partial charge in [0.15, 0.2) is 5.17 Å². The normalized spacial score (nSPS) is 15.8. The first-order valence-corrected chi connectivity index (χ1v) is 7.22. The van der Waals surface area contributed by atoms with Crippen molar-refractivity contribution >= 4 is 41.6 Å². The fraction of sp³-hybridized carbons (Fsp3) is 0.571. The van der Waals surface area contributed by atoms with Gasteiger partial charge in [0.25, 0.3) is 0 Å². The van der Waals surface area contributed by atoms with E-state index in [0.717, 1.165) is 18.5 Å². The van der Waals surface area contributed by atoms with Crippen molar-refractivity contribution in [3.8, 4) is 0 Å². The van der Waals surface area contributed by atoms with Crippen LogP contribution in [0.25, 0.3) is 0 Å². The molecule has 1 fully saturated rings. The topological polar surface area (TPSA) is 37.7 Å². The fourth-order valence-corrected chi connectivity index (χ4v) is 2.34. The van der Waals surface area contributed by atoms with Crippen LogP contribution in [0, 0.1) is 0 Å². The number of hydrogen-bond acceptors (Lipinski definition) is 4. The van der Waals surface area contributed by atoms with Crippen LogP contribution >= 0.6 is 36.4 Å². The van der Waals surface area contributed by atoms with Gasteiger partial charge in [0, 0.05) is 24.5 Å². The second-order valence-electron chi connectivity index (χ2n) is 4.71. The van der Waals surface area contributed by atoms with E-state index in [0.29, 0.717) is 11.8 Å². The van der Waals surface area contributed by atoms with Gasteiger partial charge in [-0.25, -0.2) is 0 Å². The highest BCUT2D eigenvalue weighted by atomic mass is 35.5. The standard InChI is InChI=1S/C14H20ClN3O.2ClH/c15-14(13-6-4-7-16-12-13)17-19-11-5-10-18-8-2-1-3-9-18;;/h4,6-7,12H,1-3,5,8-11H2;2*1H/b17-14-;;. The van der Waals surface area contributed by atoms with Gasteiger partial charge in [-0.15, -0.1) is 24.8 Å². The second kappa shape index (κ2) is 12.0. The maximum Gasteiger partial charge on any atom is 0.177 e. The summed E-state index contributed by atoms with van der Waals surface area (Å²) in [5, 5.41) is 4.25. The molecule has 0 saturated carbocycles. The molecule has 21 heavy (non-hydrogen) atoms. The molecule has 0 atom stereocenters. The Bertz CT molecular complexity index is 398. The summed E-state index contributed by atoms with van der Waals surface area (Å²) in [6.07, 6.45) is 8.38. The van der Waals surface area contributed by atoms with Crippen LogP contribution in [0.2, 0.25) is 0 Å². The van der Waals surface area contributed by atoms with E-state index >= 15 is 0 Å². The first-order chi connectivity index (χ1) is 9.36. The molecule has 0 N–H and O–H groups in total. The van der Waals surface area contributed by atoms with Crippen LogP contribution < -0.4 is 0 Å². The van der Waals surface area contributed by atoms with Gasteiger partial charge in [-0.3, -0.25) is 4.98 Å². The summed E-state index contributed by atoms with van der Waals surface area (Å²) in [6, 6.07) is 3.68. The average molecular weight is 355 g/mol. The molecule has 0 radical (unpaired) electrons. The zero-order chi connectivity index (χ0) is 13.3. The van der Waals surface area contributed by atoms with Crippen molar-refractivity contribution in [1.29, 1.82) is 0 Å². The molecule has 0 unspecified atom stereocenters. The molecule has 1 saturated heterocycles. The van der Waals surface area contributed by atoms with Crippen molar-refractivity contribution in [2.45, 2.75) is 25.7 Å². The van der Waals surface area contributed by atoms with E-state index in [9.17, 15) is 0 Å². The first-order valence-electron chi connectivity index (χ1n) is 6.84. The van der Waals surface area contributed by atoms with Crippen LogP contribution in [0.15, 0.2) is 29.7 Å². The van der Waals surface area contributed by atoms with E-state index in [4.69, 9.17) is 16.4 Å². The van der Waals surface area contributed by atoms with Crippen LogP contribution in [-0.4, -0.2) is 41.3 Å². The molecular formula is C14H22Cl3N3O. The number of pyridine rings is 1. The molecule has 120 valence electrons. The molecule has 0 bridgehead atoms. The van der Waals surface area contributed by atoms with Gasteiger partial charge >= 0.3 is 0 Å². The van der Waals surface area contributed by atoms with Gasteiger partial charge in [-0.05, 0) is 44.5 Å². The molecule has 0 aliphatic carbocycles. The van der Waals surface area contributed by atoms with E-state index in [1.54, 1.807) is 12.4 Å². The minimum Gasteiger partial charge on any atom is -0.395 e. The third-order valence-corrected chi connectivity index (χ3v) is 3.49. The summed E-state index contributed by atoms with van der Waals surface area (Å²) in [6.45, 7) is 4.13. The zero-order valence-corrected chi connectivity index (χ0v) is 14.3. The van der Waals surface area contributed by atoms with Gasteiger partial charge in [0.2, 0.25) is 0 Å². The largest absolute Gasteiger partial charge is 0.395 e. The Morgan fingerprint density at radius 1 is 1.29 bits per heavy atom. The van der Waals surface area contributed by atoms with Gasteiger partial charge in [-0.2, -0.15) is 0 Å². The van der Waals surface area contributed by atoms with Crippen molar-refractivity contribution in [2.24, 2.45) is 5.16 Å². The minimum atomic E-state index is 0. The summed E-state index contributed by atoms with van der Waals surface area (Å²) in [5.41, 5.74) is 0.778. The smallest absolute Gasteiger partial charge is 0.177 e. The molecule has 1 aliphatic heterocycles. The number of oxime groups is 1. The van der Waals surface area contributed by atoms with Crippen molar-refractivity contribution < 1.29 is 4.84 Å². The number of likely N-dealkylation sites (tertiary alicyclic amines) is 1. The predicted octanol–water partition coefficient (Wildman–Crippen LogP) is 3.72. The minimum absolute atomic E-state index is 0. The molecule has 4 nitrogen and oxygen atoms in total. The van der Waals surface area contributed by atoms with E-state index < -0.39 is 0 Å². The van der Waals surface area contributed by atoms with E-state index in [-0.39, 0.29) is 24.8 Å². The second-order valence-corrected chi connectivity index (χ2v) is 5.07. The Hall–Kier alpha value is -0.550. The molecule has 1 aromatic rings. The molecular weight excluding hydrogens is 333 g/mol. The summed E-state index contributed by atoms with van der Waals surface area (Å²) >= 11 is 6.01. The van der Waals surface area contributed by atoms with Crippen LogP contribution in [0.4, 0.5) is 0 Å². The van der Waals surface area contributed by atoms with Crippen molar-refractivity contribution in [2.75, 3.05) is 26.2 Å². The van der Waals surface area contributed by atoms with Crippen molar-refractivity contribution in [3.63, 3.8) is 0 Å². The fourth-order valence-electron chi connectivity index (χ4n) is 2.18. The summed E-state index contributed by atoms with van der Waals surface area (Å²) in [7, 11) is 0. The lowest BCUT2D eigenvalue weighted by atomic mass is 10.1. The lowest BCUT2D eigenvalue weighted by Crippen LogP contribution is -2.31. The highest BCUT2D eigenvalue weighted by Crippen LogP contribution is 2.09. The third-order valence-electron chi connectivity index (χ3n) is 3.20. The van der Waals surface area contributed by atoms with Gasteiger partial charge < -0.3 is 9.74 Å². The molecule has 0 amide bonds. The first kappa shape index (κ1) is 20.5. The predicted molar refractivity (Wildman–Crippen MR) is 92.0 cm³/mol. The van der Waals surface area contributed by atoms with Crippen molar-refractivity contribution in [3.05, 3.63) is 30.1 Å². The van der Waals surface area contributed by atoms with E-state index in [2.05, 4.69) is 15.0 Å². The van der Waals surface area contributed by atoms with Crippen LogP contribution in [0.3, 0.4) is 0 Å². The van der Waals surface area contributed by atoms with E-state index in [1.807, 2.05) is 12.1 Å². The third kappa shape index (κ3) is 7.86. The summed E-state index contributed by atoms with van der Waals surface area (Å²) < 4.78 is 0. The number of nitrogens with zero attached hydrogens (tertiary/aromatic N) is 3. The quantitative estimate of drug-likeness (QED) is 0.444. The van der Waals surface area contributed by atoms with E-state index in [1.165, 1.54) is 32.4 Å².